The molecule has 0 amide bonds. The van der Waals surface area contributed by atoms with Gasteiger partial charge in [-0.25, -0.2) is 0 Å². The van der Waals surface area contributed by atoms with Crippen molar-refractivity contribution in [1.82, 2.24) is 9.78 Å². The third kappa shape index (κ3) is 2.73. The van der Waals surface area contributed by atoms with Gasteiger partial charge in [-0.05, 0) is 46.1 Å². The van der Waals surface area contributed by atoms with Crippen molar-refractivity contribution in [2.75, 3.05) is 0 Å². The molecule has 5 heteroatoms. The smallest absolute Gasteiger partial charge is 0.172 e. The Morgan fingerprint density at radius 3 is 2.39 bits per heavy atom. The Balaban J connectivity index is 1.93. The molecule has 1 fully saturated rings. The number of hydrogen-bond donors (Lipinski definition) is 1. The molecule has 0 aliphatic heterocycles. The number of aromatic nitrogens is 2. The number of aryl methyl sites for hydroxylation is 1. The summed E-state index contributed by atoms with van der Waals surface area (Å²) in [6.07, 6.45) is 2.31. The lowest BCUT2D eigenvalue weighted by atomic mass is 9.80. The van der Waals surface area contributed by atoms with E-state index in [-0.39, 0.29) is 47.2 Å². The number of Topliss-reactive ketones (excluding diaryl/α,β-unsaturated/α-hetero) is 2. The normalized spacial score (nSPS) is 22.1. The summed E-state index contributed by atoms with van der Waals surface area (Å²) in [6, 6.07) is 0.248. The van der Waals surface area contributed by atoms with Gasteiger partial charge < -0.3 is 5.11 Å². The number of carbonyl (C=O) groups is 2. The predicted molar refractivity (Wildman–Crippen MR) is 86.5 cm³/mol. The van der Waals surface area contributed by atoms with E-state index in [1.807, 2.05) is 18.5 Å². The highest BCUT2D eigenvalue weighted by molar-refractivity contribution is 6.22. The molecule has 1 atom stereocenters. The van der Waals surface area contributed by atoms with Gasteiger partial charge in [-0.1, -0.05) is 0 Å². The SMILES string of the molecule is Cc1nn(C(C)C)c(C)c1C1CC(=O)C(C(=O)C2CC2)=C(O)C1. The molecule has 0 saturated heterocycles. The maximum Gasteiger partial charge on any atom is 0.172 e. The maximum absolute atomic E-state index is 12.5. The van der Waals surface area contributed by atoms with Crippen LogP contribution in [0.25, 0.3) is 0 Å². The molecule has 0 spiro atoms. The summed E-state index contributed by atoms with van der Waals surface area (Å²) in [4.78, 5) is 24.7. The molecule has 124 valence electrons. The van der Waals surface area contributed by atoms with Gasteiger partial charge in [0.15, 0.2) is 11.6 Å². The molecule has 0 aromatic carbocycles. The van der Waals surface area contributed by atoms with Crippen molar-refractivity contribution < 1.29 is 14.7 Å². The highest BCUT2D eigenvalue weighted by Crippen LogP contribution is 2.40. The van der Waals surface area contributed by atoms with Crippen molar-refractivity contribution >= 4 is 11.6 Å². The number of rotatable bonds is 4. The monoisotopic (exact) mass is 316 g/mol. The van der Waals surface area contributed by atoms with E-state index in [0.717, 1.165) is 29.8 Å². The highest BCUT2D eigenvalue weighted by atomic mass is 16.3. The first kappa shape index (κ1) is 16.0. The molecule has 23 heavy (non-hydrogen) atoms. The summed E-state index contributed by atoms with van der Waals surface area (Å²) < 4.78 is 1.96. The Kier molecular flexibility index (Phi) is 3.90. The summed E-state index contributed by atoms with van der Waals surface area (Å²) in [5, 5.41) is 14.9. The first-order valence-corrected chi connectivity index (χ1v) is 8.36. The minimum Gasteiger partial charge on any atom is -0.511 e. The lowest BCUT2D eigenvalue weighted by Crippen LogP contribution is -2.25. The van der Waals surface area contributed by atoms with Gasteiger partial charge in [0, 0.05) is 36.4 Å². The Hall–Kier alpha value is -1.91. The van der Waals surface area contributed by atoms with Crippen LogP contribution >= 0.6 is 0 Å². The number of hydrogen-bond acceptors (Lipinski definition) is 4. The average molecular weight is 316 g/mol. The summed E-state index contributed by atoms with van der Waals surface area (Å²) in [5.41, 5.74) is 3.05. The van der Waals surface area contributed by atoms with Crippen LogP contribution in [0, 0.1) is 19.8 Å². The molecular weight excluding hydrogens is 292 g/mol. The van der Waals surface area contributed by atoms with Crippen molar-refractivity contribution in [3.8, 4) is 0 Å². The lowest BCUT2D eigenvalue weighted by molar-refractivity contribution is -0.123. The molecule has 1 aromatic heterocycles. The van der Waals surface area contributed by atoms with Crippen molar-refractivity contribution in [3.63, 3.8) is 0 Å². The van der Waals surface area contributed by atoms with E-state index in [2.05, 4.69) is 18.9 Å². The second-order valence-electron chi connectivity index (χ2n) is 7.11. The molecule has 1 aromatic rings. The molecule has 1 heterocycles. The van der Waals surface area contributed by atoms with E-state index in [1.165, 1.54) is 0 Å². The maximum atomic E-state index is 12.5. The molecule has 1 saturated carbocycles. The molecule has 2 aliphatic rings. The van der Waals surface area contributed by atoms with Crippen LogP contribution in [0.15, 0.2) is 11.3 Å². The average Bonchev–Trinajstić information content (AvgIpc) is 3.24. The van der Waals surface area contributed by atoms with Crippen LogP contribution in [-0.4, -0.2) is 26.5 Å². The Labute approximate surface area is 136 Å². The fraction of sp³-hybridized carbons (Fsp3) is 0.611. The second kappa shape index (κ2) is 5.62. The molecule has 5 nitrogen and oxygen atoms in total. The fourth-order valence-electron chi connectivity index (χ4n) is 3.70. The minimum absolute atomic E-state index is 0.0285. The molecule has 0 bridgehead atoms. The number of aliphatic hydroxyl groups excluding tert-OH is 1. The van der Waals surface area contributed by atoms with Gasteiger partial charge in [0.25, 0.3) is 0 Å². The van der Waals surface area contributed by atoms with E-state index >= 15 is 0 Å². The Bertz CT molecular complexity index is 708. The van der Waals surface area contributed by atoms with Gasteiger partial charge in [0.1, 0.15) is 5.76 Å². The van der Waals surface area contributed by atoms with Crippen LogP contribution in [0.3, 0.4) is 0 Å². The van der Waals surface area contributed by atoms with Gasteiger partial charge in [0.05, 0.1) is 11.3 Å². The number of ketones is 2. The van der Waals surface area contributed by atoms with Crippen LogP contribution < -0.4 is 0 Å². The first-order valence-electron chi connectivity index (χ1n) is 8.36. The third-order valence-corrected chi connectivity index (χ3v) is 4.91. The summed E-state index contributed by atoms with van der Waals surface area (Å²) in [5.74, 6) is -0.533. The van der Waals surface area contributed by atoms with E-state index in [9.17, 15) is 14.7 Å². The van der Waals surface area contributed by atoms with Crippen LogP contribution in [0.2, 0.25) is 0 Å². The number of nitrogens with zero attached hydrogens (tertiary/aromatic N) is 2. The molecule has 2 aliphatic carbocycles. The van der Waals surface area contributed by atoms with Crippen molar-refractivity contribution in [2.24, 2.45) is 5.92 Å². The molecule has 1 unspecified atom stereocenters. The zero-order valence-corrected chi connectivity index (χ0v) is 14.2. The Morgan fingerprint density at radius 1 is 1.26 bits per heavy atom. The van der Waals surface area contributed by atoms with Crippen molar-refractivity contribution in [1.29, 1.82) is 0 Å². The van der Waals surface area contributed by atoms with E-state index < -0.39 is 0 Å². The van der Waals surface area contributed by atoms with Crippen LogP contribution in [0.1, 0.15) is 68.4 Å². The molecule has 3 rings (SSSR count). The van der Waals surface area contributed by atoms with Crippen molar-refractivity contribution in [2.45, 2.75) is 65.3 Å². The minimum atomic E-state index is -0.216. The van der Waals surface area contributed by atoms with Gasteiger partial charge in [-0.3, -0.25) is 14.3 Å². The van der Waals surface area contributed by atoms with E-state index in [0.29, 0.717) is 6.42 Å². The zero-order valence-electron chi connectivity index (χ0n) is 14.2. The second-order valence-corrected chi connectivity index (χ2v) is 7.11. The van der Waals surface area contributed by atoms with Crippen LogP contribution in [0.4, 0.5) is 0 Å². The first-order chi connectivity index (χ1) is 10.8. The van der Waals surface area contributed by atoms with Gasteiger partial charge in [-0.15, -0.1) is 0 Å². The summed E-state index contributed by atoms with van der Waals surface area (Å²) >= 11 is 0. The van der Waals surface area contributed by atoms with Gasteiger partial charge in [0.2, 0.25) is 0 Å². The van der Waals surface area contributed by atoms with Crippen LogP contribution in [0.5, 0.6) is 0 Å². The molecular formula is C18H24N2O3. The van der Waals surface area contributed by atoms with Gasteiger partial charge in [-0.2, -0.15) is 5.10 Å². The van der Waals surface area contributed by atoms with Crippen LogP contribution in [-0.2, 0) is 9.59 Å². The molecule has 1 N–H and O–H groups in total. The summed E-state index contributed by atoms with van der Waals surface area (Å²) in [7, 11) is 0. The number of aliphatic hydroxyl groups is 1. The van der Waals surface area contributed by atoms with Gasteiger partial charge >= 0.3 is 0 Å². The molecule has 0 radical (unpaired) electrons. The van der Waals surface area contributed by atoms with E-state index in [1.54, 1.807) is 0 Å². The van der Waals surface area contributed by atoms with E-state index in [4.69, 9.17) is 0 Å². The standard InChI is InChI=1S/C18H24N2O3/c1-9(2)20-11(4)16(10(3)19-20)13-7-14(21)17(15(22)8-13)18(23)12-5-6-12/h9,12-13,21H,5-8H2,1-4H3. The fourth-order valence-corrected chi connectivity index (χ4v) is 3.70. The largest absolute Gasteiger partial charge is 0.511 e. The predicted octanol–water partition coefficient (Wildman–Crippen LogP) is 3.32. The highest BCUT2D eigenvalue weighted by Gasteiger charge is 2.40. The zero-order chi connectivity index (χ0) is 16.9. The summed E-state index contributed by atoms with van der Waals surface area (Å²) in [6.45, 7) is 8.08. The number of carbonyl (C=O) groups excluding carboxylic acids is 2. The van der Waals surface area contributed by atoms with Crippen molar-refractivity contribution in [3.05, 3.63) is 28.3 Å². The quantitative estimate of drug-likeness (QED) is 0.865. The third-order valence-electron chi connectivity index (χ3n) is 4.91. The Morgan fingerprint density at radius 2 is 1.91 bits per heavy atom. The lowest BCUT2D eigenvalue weighted by Gasteiger charge is -2.23. The number of allylic oxidation sites excluding steroid dienone is 2. The topological polar surface area (TPSA) is 72.2 Å².